The summed E-state index contributed by atoms with van der Waals surface area (Å²) in [6.45, 7) is 0.328. The summed E-state index contributed by atoms with van der Waals surface area (Å²) in [5.74, 6) is 2.24. The van der Waals surface area contributed by atoms with E-state index in [4.69, 9.17) is 4.74 Å². The highest BCUT2D eigenvalue weighted by Gasteiger charge is 2.06. The summed E-state index contributed by atoms with van der Waals surface area (Å²) < 4.78 is 5.59. The number of hydrogen-bond acceptors (Lipinski definition) is 4. The van der Waals surface area contributed by atoms with Crippen LogP contribution in [0.2, 0.25) is 0 Å². The van der Waals surface area contributed by atoms with Crippen LogP contribution >= 0.6 is 0 Å². The van der Waals surface area contributed by atoms with Gasteiger partial charge in [-0.1, -0.05) is 18.2 Å². The SMILES string of the molecule is Oc1ccc(-c2n[nH]c(COc3ccccc3)n2)cc1. The van der Waals surface area contributed by atoms with E-state index in [9.17, 15) is 5.11 Å². The molecule has 0 unspecified atom stereocenters. The minimum atomic E-state index is 0.219. The van der Waals surface area contributed by atoms with E-state index in [0.29, 0.717) is 18.3 Å². The molecular formula is C15H13N3O2. The Balaban J connectivity index is 1.69. The first-order valence-electron chi connectivity index (χ1n) is 6.20. The standard InChI is InChI=1S/C15H13N3O2/c19-12-8-6-11(7-9-12)15-16-14(17-18-15)10-20-13-4-2-1-3-5-13/h1-9,19H,10H2,(H,16,17,18). The maximum Gasteiger partial charge on any atom is 0.181 e. The molecule has 0 amide bonds. The summed E-state index contributed by atoms with van der Waals surface area (Å²) in [6.07, 6.45) is 0. The van der Waals surface area contributed by atoms with E-state index in [1.807, 2.05) is 30.3 Å². The molecule has 0 aliphatic carbocycles. The molecule has 3 rings (SSSR count). The molecule has 1 aromatic heterocycles. The highest BCUT2D eigenvalue weighted by Crippen LogP contribution is 2.18. The van der Waals surface area contributed by atoms with Gasteiger partial charge in [0, 0.05) is 5.56 Å². The molecule has 100 valence electrons. The first-order chi connectivity index (χ1) is 9.81. The molecule has 0 aliphatic heterocycles. The first kappa shape index (κ1) is 12.2. The Morgan fingerprint density at radius 2 is 1.75 bits per heavy atom. The molecule has 0 fully saturated rings. The Morgan fingerprint density at radius 3 is 2.50 bits per heavy atom. The molecule has 2 aromatic carbocycles. The maximum absolute atomic E-state index is 9.25. The lowest BCUT2D eigenvalue weighted by atomic mass is 10.2. The lowest BCUT2D eigenvalue weighted by Crippen LogP contribution is -1.97. The van der Waals surface area contributed by atoms with Crippen LogP contribution in [0.1, 0.15) is 5.82 Å². The van der Waals surface area contributed by atoms with Crippen molar-refractivity contribution in [1.29, 1.82) is 0 Å². The lowest BCUT2D eigenvalue weighted by molar-refractivity contribution is 0.296. The van der Waals surface area contributed by atoms with E-state index in [-0.39, 0.29) is 5.75 Å². The van der Waals surface area contributed by atoms with Gasteiger partial charge in [0.05, 0.1) is 0 Å². The summed E-state index contributed by atoms with van der Waals surface area (Å²) in [5.41, 5.74) is 0.838. The van der Waals surface area contributed by atoms with Crippen LogP contribution in [0, 0.1) is 0 Å². The normalized spacial score (nSPS) is 10.4. The van der Waals surface area contributed by atoms with Gasteiger partial charge >= 0.3 is 0 Å². The number of aromatic hydroxyl groups is 1. The van der Waals surface area contributed by atoms with Gasteiger partial charge in [0.15, 0.2) is 11.6 Å². The molecule has 0 atom stereocenters. The Hall–Kier alpha value is -2.82. The zero-order chi connectivity index (χ0) is 13.8. The molecule has 5 heteroatoms. The summed E-state index contributed by atoms with van der Waals surface area (Å²) in [4.78, 5) is 4.35. The average molecular weight is 267 g/mol. The van der Waals surface area contributed by atoms with Gasteiger partial charge in [0.2, 0.25) is 0 Å². The maximum atomic E-state index is 9.25. The number of aromatic nitrogens is 3. The zero-order valence-corrected chi connectivity index (χ0v) is 10.7. The molecule has 0 bridgehead atoms. The van der Waals surface area contributed by atoms with Crippen molar-refractivity contribution >= 4 is 0 Å². The number of nitrogens with zero attached hydrogens (tertiary/aromatic N) is 2. The molecule has 0 saturated carbocycles. The molecule has 0 radical (unpaired) electrons. The monoisotopic (exact) mass is 267 g/mol. The van der Waals surface area contributed by atoms with E-state index in [0.717, 1.165) is 11.3 Å². The molecule has 5 nitrogen and oxygen atoms in total. The van der Waals surface area contributed by atoms with Gasteiger partial charge in [-0.2, -0.15) is 5.10 Å². The number of hydrogen-bond donors (Lipinski definition) is 2. The van der Waals surface area contributed by atoms with Crippen molar-refractivity contribution in [2.24, 2.45) is 0 Å². The third-order valence-corrected chi connectivity index (χ3v) is 2.78. The molecule has 3 aromatic rings. The summed E-state index contributed by atoms with van der Waals surface area (Å²) in [5, 5.41) is 16.2. The van der Waals surface area contributed by atoms with Gasteiger partial charge in [-0.25, -0.2) is 4.98 Å². The second kappa shape index (κ2) is 5.44. The van der Waals surface area contributed by atoms with Gasteiger partial charge in [-0.15, -0.1) is 0 Å². The van der Waals surface area contributed by atoms with Crippen LogP contribution in [0.3, 0.4) is 0 Å². The van der Waals surface area contributed by atoms with E-state index in [2.05, 4.69) is 15.2 Å². The number of ether oxygens (including phenoxy) is 1. The number of benzene rings is 2. The molecule has 0 saturated heterocycles. The van der Waals surface area contributed by atoms with Gasteiger partial charge in [-0.05, 0) is 36.4 Å². The third-order valence-electron chi connectivity index (χ3n) is 2.78. The van der Waals surface area contributed by atoms with Crippen LogP contribution in [-0.2, 0) is 6.61 Å². The topological polar surface area (TPSA) is 71.0 Å². The number of rotatable bonds is 4. The minimum Gasteiger partial charge on any atom is -0.508 e. The third kappa shape index (κ3) is 2.77. The van der Waals surface area contributed by atoms with Crippen molar-refractivity contribution < 1.29 is 9.84 Å². The highest BCUT2D eigenvalue weighted by molar-refractivity contribution is 5.55. The smallest absolute Gasteiger partial charge is 0.181 e. The summed E-state index contributed by atoms with van der Waals surface area (Å²) in [7, 11) is 0. The van der Waals surface area contributed by atoms with Crippen molar-refractivity contribution in [3.05, 3.63) is 60.4 Å². The van der Waals surface area contributed by atoms with Crippen LogP contribution in [0.5, 0.6) is 11.5 Å². The van der Waals surface area contributed by atoms with E-state index < -0.39 is 0 Å². The second-order valence-electron chi connectivity index (χ2n) is 4.25. The molecule has 1 heterocycles. The van der Waals surface area contributed by atoms with E-state index in [1.54, 1.807) is 24.3 Å². The van der Waals surface area contributed by atoms with Crippen molar-refractivity contribution in [3.63, 3.8) is 0 Å². The number of H-pyrrole nitrogens is 1. The lowest BCUT2D eigenvalue weighted by Gasteiger charge is -2.02. The predicted molar refractivity (Wildman–Crippen MR) is 74.3 cm³/mol. The van der Waals surface area contributed by atoms with Gasteiger partial charge in [-0.3, -0.25) is 5.10 Å². The number of phenolic OH excluding ortho intramolecular Hbond substituents is 1. The Kier molecular flexibility index (Phi) is 3.33. The van der Waals surface area contributed by atoms with E-state index in [1.165, 1.54) is 0 Å². The second-order valence-corrected chi connectivity index (χ2v) is 4.25. The fourth-order valence-corrected chi connectivity index (χ4v) is 1.77. The molecule has 0 spiro atoms. The first-order valence-corrected chi connectivity index (χ1v) is 6.20. The molecule has 20 heavy (non-hydrogen) atoms. The quantitative estimate of drug-likeness (QED) is 0.762. The predicted octanol–water partition coefficient (Wildman–Crippen LogP) is 2.76. The van der Waals surface area contributed by atoms with Crippen LogP contribution < -0.4 is 4.74 Å². The van der Waals surface area contributed by atoms with E-state index >= 15 is 0 Å². The zero-order valence-electron chi connectivity index (χ0n) is 10.7. The highest BCUT2D eigenvalue weighted by atomic mass is 16.5. The van der Waals surface area contributed by atoms with Crippen molar-refractivity contribution in [3.8, 4) is 22.9 Å². The van der Waals surface area contributed by atoms with Crippen LogP contribution in [0.25, 0.3) is 11.4 Å². The number of phenols is 1. The fourth-order valence-electron chi connectivity index (χ4n) is 1.77. The number of nitrogens with one attached hydrogen (secondary N) is 1. The van der Waals surface area contributed by atoms with Gasteiger partial charge in [0.1, 0.15) is 18.1 Å². The Bertz CT molecular complexity index is 678. The van der Waals surface area contributed by atoms with Crippen LogP contribution in [-0.4, -0.2) is 20.3 Å². The Labute approximate surface area is 115 Å². The van der Waals surface area contributed by atoms with Gasteiger partial charge < -0.3 is 9.84 Å². The average Bonchev–Trinajstić information content (AvgIpc) is 2.96. The van der Waals surface area contributed by atoms with Gasteiger partial charge in [0.25, 0.3) is 0 Å². The summed E-state index contributed by atoms with van der Waals surface area (Å²) >= 11 is 0. The number of para-hydroxylation sites is 1. The number of aromatic amines is 1. The molecule has 0 aliphatic rings. The van der Waals surface area contributed by atoms with Crippen LogP contribution in [0.15, 0.2) is 54.6 Å². The largest absolute Gasteiger partial charge is 0.508 e. The van der Waals surface area contributed by atoms with Crippen molar-refractivity contribution in [2.45, 2.75) is 6.61 Å². The molecular weight excluding hydrogens is 254 g/mol. The molecule has 2 N–H and O–H groups in total. The fraction of sp³-hybridized carbons (Fsp3) is 0.0667. The van der Waals surface area contributed by atoms with Crippen molar-refractivity contribution in [1.82, 2.24) is 15.2 Å². The van der Waals surface area contributed by atoms with Crippen LogP contribution in [0.4, 0.5) is 0 Å². The minimum absolute atomic E-state index is 0.219. The Morgan fingerprint density at radius 1 is 1.00 bits per heavy atom. The van der Waals surface area contributed by atoms with Crippen molar-refractivity contribution in [2.75, 3.05) is 0 Å². The summed E-state index contributed by atoms with van der Waals surface area (Å²) in [6, 6.07) is 16.3.